The zero-order valence-electron chi connectivity index (χ0n) is 18.2. The molecule has 0 unspecified atom stereocenters. The van der Waals surface area contributed by atoms with Crippen molar-refractivity contribution in [1.29, 1.82) is 0 Å². The summed E-state index contributed by atoms with van der Waals surface area (Å²) in [5.41, 5.74) is 3.47. The van der Waals surface area contributed by atoms with Gasteiger partial charge >= 0.3 is 0 Å². The van der Waals surface area contributed by atoms with Crippen LogP contribution >= 0.6 is 0 Å². The Balaban J connectivity index is 2.17. The summed E-state index contributed by atoms with van der Waals surface area (Å²) < 4.78 is 34.5. The molecule has 1 heterocycles. The number of phenols is 1. The maximum atomic E-state index is 10.6. The van der Waals surface area contributed by atoms with Crippen LogP contribution in [-0.2, 0) is 11.2 Å². The number of aromatic hydroxyl groups is 1. The van der Waals surface area contributed by atoms with E-state index in [9.17, 15) is 5.11 Å². The van der Waals surface area contributed by atoms with Crippen LogP contribution in [0.2, 0.25) is 0 Å². The summed E-state index contributed by atoms with van der Waals surface area (Å²) >= 11 is 0. The van der Waals surface area contributed by atoms with E-state index in [1.54, 1.807) is 27.4 Å². The molecule has 7 heteroatoms. The van der Waals surface area contributed by atoms with Crippen LogP contribution in [0.15, 0.2) is 12.1 Å². The Morgan fingerprint density at radius 3 is 2.23 bits per heavy atom. The quantitative estimate of drug-likeness (QED) is 0.795. The zero-order valence-corrected chi connectivity index (χ0v) is 18.2. The second-order valence-corrected chi connectivity index (χ2v) is 7.80. The van der Waals surface area contributed by atoms with Crippen LogP contribution in [-0.4, -0.2) is 40.3 Å². The molecule has 0 aromatic heterocycles. The molecule has 0 fully saturated rings. The molecular formula is C23H28O7. The average Bonchev–Trinajstić information content (AvgIpc) is 3.20. The maximum Gasteiger partial charge on any atom is 0.231 e. The van der Waals surface area contributed by atoms with Crippen molar-refractivity contribution < 1.29 is 33.5 Å². The highest BCUT2D eigenvalue weighted by Gasteiger charge is 2.38. The van der Waals surface area contributed by atoms with Crippen LogP contribution < -0.4 is 23.7 Å². The molecule has 1 N–H and O–H groups in total. The Kier molecular flexibility index (Phi) is 5.32. The van der Waals surface area contributed by atoms with Crippen molar-refractivity contribution in [1.82, 2.24) is 0 Å². The zero-order chi connectivity index (χ0) is 21.6. The van der Waals surface area contributed by atoms with Crippen LogP contribution in [0.25, 0.3) is 11.1 Å². The standard InChI is InChI=1S/C23H28O7/c1-11-7-13-8-15(24)20(26-4)22(27-5)17(13)18-14(19(25-3)12(11)2)9-16-21(23(18)28-6)30-10-29-16/h8-9,11-12,19,24H,7,10H2,1-6H3/t11-,12-,19-/m1/s1. The molecule has 30 heavy (non-hydrogen) atoms. The highest BCUT2D eigenvalue weighted by atomic mass is 16.7. The molecule has 0 amide bonds. The molecule has 2 aromatic carbocycles. The van der Waals surface area contributed by atoms with E-state index in [2.05, 4.69) is 13.8 Å². The number of rotatable bonds is 4. The van der Waals surface area contributed by atoms with Crippen molar-refractivity contribution in [3.8, 4) is 45.6 Å². The fraction of sp³-hybridized carbons (Fsp3) is 0.478. The molecule has 0 bridgehead atoms. The molecule has 4 rings (SSSR count). The van der Waals surface area contributed by atoms with E-state index < -0.39 is 0 Å². The van der Waals surface area contributed by atoms with Gasteiger partial charge in [-0.2, -0.15) is 0 Å². The Bertz CT molecular complexity index is 969. The smallest absolute Gasteiger partial charge is 0.231 e. The third-order valence-corrected chi connectivity index (χ3v) is 6.29. The largest absolute Gasteiger partial charge is 0.504 e. The highest BCUT2D eigenvalue weighted by Crippen LogP contribution is 2.58. The van der Waals surface area contributed by atoms with Crippen molar-refractivity contribution in [3.05, 3.63) is 23.3 Å². The predicted octanol–water partition coefficient (Wildman–Crippen LogP) is 4.33. The van der Waals surface area contributed by atoms with Crippen LogP contribution in [0, 0.1) is 11.8 Å². The van der Waals surface area contributed by atoms with Gasteiger partial charge in [0, 0.05) is 18.2 Å². The molecule has 162 valence electrons. The molecule has 2 aliphatic rings. The number of ether oxygens (including phenoxy) is 6. The van der Waals surface area contributed by atoms with Gasteiger partial charge in [0.2, 0.25) is 18.3 Å². The molecular weight excluding hydrogens is 388 g/mol. The lowest BCUT2D eigenvalue weighted by atomic mass is 9.76. The summed E-state index contributed by atoms with van der Waals surface area (Å²) in [6.45, 7) is 4.48. The van der Waals surface area contributed by atoms with E-state index >= 15 is 0 Å². The number of benzene rings is 2. The van der Waals surface area contributed by atoms with E-state index in [-0.39, 0.29) is 36.2 Å². The molecule has 7 nitrogen and oxygen atoms in total. The minimum Gasteiger partial charge on any atom is -0.504 e. The third kappa shape index (κ3) is 2.91. The predicted molar refractivity (Wildman–Crippen MR) is 111 cm³/mol. The summed E-state index contributed by atoms with van der Waals surface area (Å²) in [4.78, 5) is 0. The average molecular weight is 416 g/mol. The van der Waals surface area contributed by atoms with Gasteiger partial charge in [0.25, 0.3) is 0 Å². The second-order valence-electron chi connectivity index (χ2n) is 7.80. The van der Waals surface area contributed by atoms with Gasteiger partial charge < -0.3 is 33.5 Å². The third-order valence-electron chi connectivity index (χ3n) is 6.29. The summed E-state index contributed by atoms with van der Waals surface area (Å²) in [7, 11) is 6.39. The molecule has 0 radical (unpaired) electrons. The summed E-state index contributed by atoms with van der Waals surface area (Å²) in [5.74, 6) is 2.96. The van der Waals surface area contributed by atoms with Gasteiger partial charge in [-0.25, -0.2) is 0 Å². The van der Waals surface area contributed by atoms with Crippen LogP contribution in [0.5, 0.6) is 34.5 Å². The number of phenolic OH excluding ortho intramolecular Hbond substituents is 1. The summed E-state index contributed by atoms with van der Waals surface area (Å²) in [6.07, 6.45) is 0.525. The van der Waals surface area contributed by atoms with Gasteiger partial charge in [-0.1, -0.05) is 13.8 Å². The fourth-order valence-corrected chi connectivity index (χ4v) is 4.67. The lowest BCUT2D eigenvalue weighted by molar-refractivity contribution is 0.0362. The van der Waals surface area contributed by atoms with Gasteiger partial charge in [-0.05, 0) is 41.5 Å². The molecule has 3 atom stereocenters. The van der Waals surface area contributed by atoms with E-state index in [4.69, 9.17) is 28.4 Å². The Morgan fingerprint density at radius 2 is 1.60 bits per heavy atom. The van der Waals surface area contributed by atoms with E-state index in [1.807, 2.05) is 6.07 Å². The van der Waals surface area contributed by atoms with E-state index in [0.29, 0.717) is 23.0 Å². The van der Waals surface area contributed by atoms with Gasteiger partial charge in [0.05, 0.1) is 27.4 Å². The van der Waals surface area contributed by atoms with Crippen molar-refractivity contribution in [2.24, 2.45) is 11.8 Å². The SMILES string of the molecule is COc1c(O)cc2c(c1OC)-c1c(cc3c(c1OC)OCO3)[C@H](OC)[C@H](C)[C@H](C)C2. The van der Waals surface area contributed by atoms with Crippen LogP contribution in [0.4, 0.5) is 0 Å². The van der Waals surface area contributed by atoms with Crippen LogP contribution in [0.1, 0.15) is 31.1 Å². The first-order valence-electron chi connectivity index (χ1n) is 9.97. The first-order chi connectivity index (χ1) is 14.5. The van der Waals surface area contributed by atoms with E-state index in [1.165, 1.54) is 7.11 Å². The highest BCUT2D eigenvalue weighted by molar-refractivity contribution is 5.88. The van der Waals surface area contributed by atoms with Gasteiger partial charge in [-0.3, -0.25) is 0 Å². The monoisotopic (exact) mass is 416 g/mol. The van der Waals surface area contributed by atoms with Crippen LogP contribution in [0.3, 0.4) is 0 Å². The first kappa shape index (κ1) is 20.5. The Labute approximate surface area is 176 Å². The summed E-state index contributed by atoms with van der Waals surface area (Å²) in [5, 5.41) is 10.6. The maximum absolute atomic E-state index is 10.6. The number of hydrogen-bond donors (Lipinski definition) is 1. The van der Waals surface area contributed by atoms with Gasteiger partial charge in [0.1, 0.15) is 0 Å². The fourth-order valence-electron chi connectivity index (χ4n) is 4.67. The van der Waals surface area contributed by atoms with Crippen molar-refractivity contribution in [3.63, 3.8) is 0 Å². The van der Waals surface area contributed by atoms with Gasteiger partial charge in [0.15, 0.2) is 23.0 Å². The van der Waals surface area contributed by atoms with Gasteiger partial charge in [-0.15, -0.1) is 0 Å². The number of hydrogen-bond acceptors (Lipinski definition) is 7. The molecule has 0 spiro atoms. The number of fused-ring (bicyclic) bond motifs is 4. The summed E-state index contributed by atoms with van der Waals surface area (Å²) in [6, 6.07) is 3.71. The molecule has 1 aliphatic heterocycles. The topological polar surface area (TPSA) is 75.6 Å². The lowest BCUT2D eigenvalue weighted by Crippen LogP contribution is -2.24. The lowest BCUT2D eigenvalue weighted by Gasteiger charge is -2.34. The van der Waals surface area contributed by atoms with Crippen molar-refractivity contribution in [2.75, 3.05) is 35.2 Å². The minimum absolute atomic E-state index is 0.0399. The number of methoxy groups -OCH3 is 4. The molecule has 0 saturated carbocycles. The Hall–Kier alpha value is -2.80. The minimum atomic E-state index is -0.198. The molecule has 0 saturated heterocycles. The second kappa shape index (κ2) is 7.80. The van der Waals surface area contributed by atoms with Crippen molar-refractivity contribution >= 4 is 0 Å². The first-order valence-corrected chi connectivity index (χ1v) is 9.97. The molecule has 1 aliphatic carbocycles. The normalized spacial score (nSPS) is 21.9. The Morgan fingerprint density at radius 1 is 0.900 bits per heavy atom. The van der Waals surface area contributed by atoms with E-state index in [0.717, 1.165) is 28.7 Å². The van der Waals surface area contributed by atoms with Crippen molar-refractivity contribution in [2.45, 2.75) is 26.4 Å². The molecule has 2 aromatic rings.